The first-order chi connectivity index (χ1) is 13.0. The SMILES string of the molecule is CCOc1ccccc1NC(=O)C(CC)Sc1nc(C(C)C)ccc1C#N. The molecule has 0 bridgehead atoms. The highest BCUT2D eigenvalue weighted by Crippen LogP contribution is 2.30. The molecule has 1 heterocycles. The van der Waals surface area contributed by atoms with Gasteiger partial charge in [-0.2, -0.15) is 5.26 Å². The number of rotatable bonds is 8. The fraction of sp³-hybridized carbons (Fsp3) is 0.381. The maximum Gasteiger partial charge on any atom is 0.238 e. The summed E-state index contributed by atoms with van der Waals surface area (Å²) in [4.78, 5) is 17.4. The number of hydrogen-bond donors (Lipinski definition) is 1. The summed E-state index contributed by atoms with van der Waals surface area (Å²) in [6, 6.07) is 13.2. The third-order valence-electron chi connectivity index (χ3n) is 3.96. The van der Waals surface area contributed by atoms with Gasteiger partial charge in [-0.3, -0.25) is 4.79 Å². The average molecular weight is 384 g/mol. The highest BCUT2D eigenvalue weighted by molar-refractivity contribution is 8.00. The molecule has 0 saturated carbocycles. The van der Waals surface area contributed by atoms with Gasteiger partial charge in [0.15, 0.2) is 0 Å². The Kier molecular flexibility index (Phi) is 7.68. The van der Waals surface area contributed by atoms with Crippen LogP contribution in [0.1, 0.15) is 51.3 Å². The van der Waals surface area contributed by atoms with Gasteiger partial charge in [-0.25, -0.2) is 4.98 Å². The largest absolute Gasteiger partial charge is 0.492 e. The molecule has 1 aromatic carbocycles. The molecule has 1 aromatic heterocycles. The van der Waals surface area contributed by atoms with Gasteiger partial charge in [0.1, 0.15) is 16.8 Å². The summed E-state index contributed by atoms with van der Waals surface area (Å²) in [5.74, 6) is 0.769. The summed E-state index contributed by atoms with van der Waals surface area (Å²) >= 11 is 1.33. The fourth-order valence-electron chi connectivity index (χ4n) is 2.47. The lowest BCUT2D eigenvalue weighted by Crippen LogP contribution is -2.25. The van der Waals surface area contributed by atoms with Gasteiger partial charge in [0.05, 0.1) is 23.1 Å². The molecule has 0 spiro atoms. The van der Waals surface area contributed by atoms with Crippen LogP contribution in [0.3, 0.4) is 0 Å². The van der Waals surface area contributed by atoms with Gasteiger partial charge in [-0.15, -0.1) is 0 Å². The smallest absolute Gasteiger partial charge is 0.238 e. The fourth-order valence-corrected chi connectivity index (χ4v) is 3.47. The number of carbonyl (C=O) groups excluding carboxylic acids is 1. The molecular formula is C21H25N3O2S. The van der Waals surface area contributed by atoms with Crippen LogP contribution in [0, 0.1) is 11.3 Å². The number of carbonyl (C=O) groups is 1. The van der Waals surface area contributed by atoms with E-state index in [2.05, 4.69) is 30.2 Å². The molecule has 1 amide bonds. The van der Waals surface area contributed by atoms with E-state index in [1.54, 1.807) is 6.07 Å². The molecule has 1 unspecified atom stereocenters. The van der Waals surface area contributed by atoms with Crippen LogP contribution in [-0.4, -0.2) is 22.7 Å². The highest BCUT2D eigenvalue weighted by atomic mass is 32.2. The Labute approximate surface area is 165 Å². The molecule has 0 saturated heterocycles. The van der Waals surface area contributed by atoms with E-state index >= 15 is 0 Å². The number of para-hydroxylation sites is 2. The van der Waals surface area contributed by atoms with Crippen molar-refractivity contribution in [2.75, 3.05) is 11.9 Å². The molecule has 5 nitrogen and oxygen atoms in total. The van der Waals surface area contributed by atoms with Crippen LogP contribution in [0.5, 0.6) is 5.75 Å². The lowest BCUT2D eigenvalue weighted by atomic mass is 10.1. The van der Waals surface area contributed by atoms with Gasteiger partial charge in [-0.1, -0.05) is 44.7 Å². The van der Waals surface area contributed by atoms with E-state index in [9.17, 15) is 10.1 Å². The minimum atomic E-state index is -0.360. The summed E-state index contributed by atoms with van der Waals surface area (Å²) in [5.41, 5.74) is 2.05. The zero-order valence-electron chi connectivity index (χ0n) is 16.2. The molecule has 0 radical (unpaired) electrons. The van der Waals surface area contributed by atoms with Gasteiger partial charge in [0.25, 0.3) is 0 Å². The Morgan fingerprint density at radius 2 is 2.00 bits per heavy atom. The second-order valence-corrected chi connectivity index (χ2v) is 7.48. The predicted molar refractivity (Wildman–Crippen MR) is 109 cm³/mol. The number of nitrogens with zero attached hydrogens (tertiary/aromatic N) is 2. The van der Waals surface area contributed by atoms with Crippen molar-refractivity contribution in [3.63, 3.8) is 0 Å². The maximum absolute atomic E-state index is 12.8. The number of nitriles is 1. The van der Waals surface area contributed by atoms with Crippen LogP contribution in [0.2, 0.25) is 0 Å². The summed E-state index contributed by atoms with van der Waals surface area (Å²) in [7, 11) is 0. The molecule has 0 aliphatic carbocycles. The van der Waals surface area contributed by atoms with Gasteiger partial charge in [-0.05, 0) is 43.5 Å². The van der Waals surface area contributed by atoms with Crippen molar-refractivity contribution in [3.05, 3.63) is 47.7 Å². The van der Waals surface area contributed by atoms with Gasteiger partial charge in [0.2, 0.25) is 5.91 Å². The molecule has 27 heavy (non-hydrogen) atoms. The number of ether oxygens (including phenoxy) is 1. The molecule has 1 N–H and O–H groups in total. The lowest BCUT2D eigenvalue weighted by Gasteiger charge is -2.17. The molecule has 0 aliphatic rings. The number of benzene rings is 1. The molecule has 0 aliphatic heterocycles. The first kappa shape index (κ1) is 20.8. The number of amides is 1. The van der Waals surface area contributed by atoms with Crippen LogP contribution in [0.25, 0.3) is 0 Å². The molecule has 142 valence electrons. The zero-order chi connectivity index (χ0) is 19.8. The van der Waals surface area contributed by atoms with Gasteiger partial charge < -0.3 is 10.1 Å². The molecule has 6 heteroatoms. The molecule has 0 fully saturated rings. The minimum Gasteiger partial charge on any atom is -0.492 e. The van der Waals surface area contributed by atoms with E-state index < -0.39 is 0 Å². The number of thioether (sulfide) groups is 1. The van der Waals surface area contributed by atoms with Crippen molar-refractivity contribution in [1.82, 2.24) is 4.98 Å². The van der Waals surface area contributed by atoms with Crippen LogP contribution in [-0.2, 0) is 4.79 Å². The zero-order valence-corrected chi connectivity index (χ0v) is 17.0. The molecular weight excluding hydrogens is 358 g/mol. The monoisotopic (exact) mass is 383 g/mol. The van der Waals surface area contributed by atoms with E-state index in [1.807, 2.05) is 44.2 Å². The second-order valence-electron chi connectivity index (χ2n) is 6.29. The summed E-state index contributed by atoms with van der Waals surface area (Å²) in [5, 5.41) is 12.6. The van der Waals surface area contributed by atoms with Gasteiger partial charge in [0, 0.05) is 5.69 Å². The second kappa shape index (κ2) is 9.98. The van der Waals surface area contributed by atoms with Crippen molar-refractivity contribution in [2.24, 2.45) is 0 Å². The number of pyridine rings is 1. The Morgan fingerprint density at radius 1 is 1.26 bits per heavy atom. The first-order valence-electron chi connectivity index (χ1n) is 9.10. The molecule has 1 atom stereocenters. The van der Waals surface area contributed by atoms with Crippen molar-refractivity contribution in [2.45, 2.75) is 50.3 Å². The summed E-state index contributed by atoms with van der Waals surface area (Å²) in [6.45, 7) is 8.48. The first-order valence-corrected chi connectivity index (χ1v) is 9.98. The van der Waals surface area contributed by atoms with Crippen molar-refractivity contribution >= 4 is 23.4 Å². The Balaban J connectivity index is 2.21. The van der Waals surface area contributed by atoms with E-state index in [0.717, 1.165) is 5.69 Å². The van der Waals surface area contributed by atoms with Crippen molar-refractivity contribution < 1.29 is 9.53 Å². The number of hydrogen-bond acceptors (Lipinski definition) is 5. The van der Waals surface area contributed by atoms with Gasteiger partial charge >= 0.3 is 0 Å². The third-order valence-corrected chi connectivity index (χ3v) is 5.32. The topological polar surface area (TPSA) is 75.0 Å². The highest BCUT2D eigenvalue weighted by Gasteiger charge is 2.22. The number of aromatic nitrogens is 1. The van der Waals surface area contributed by atoms with Crippen LogP contribution >= 0.6 is 11.8 Å². The average Bonchev–Trinajstić information content (AvgIpc) is 2.67. The quantitative estimate of drug-likeness (QED) is 0.650. The van der Waals surface area contributed by atoms with Crippen molar-refractivity contribution in [3.8, 4) is 11.8 Å². The van der Waals surface area contributed by atoms with Crippen LogP contribution in [0.4, 0.5) is 5.69 Å². The molecule has 2 aromatic rings. The molecule has 2 rings (SSSR count). The standard InChI is InChI=1S/C21H25N3O2S/c1-5-19(20(25)23-17-9-7-8-10-18(17)26-6-2)27-21-15(13-22)11-12-16(24-21)14(3)4/h7-12,14,19H,5-6H2,1-4H3,(H,23,25). The minimum absolute atomic E-state index is 0.129. The predicted octanol–water partition coefficient (Wildman–Crippen LogP) is 4.98. The van der Waals surface area contributed by atoms with E-state index in [-0.39, 0.29) is 17.1 Å². The normalized spacial score (nSPS) is 11.7. The van der Waals surface area contributed by atoms with E-state index in [0.29, 0.717) is 35.1 Å². The van der Waals surface area contributed by atoms with Crippen LogP contribution in [0.15, 0.2) is 41.4 Å². The van der Waals surface area contributed by atoms with Crippen molar-refractivity contribution in [1.29, 1.82) is 5.26 Å². The number of anilines is 1. The summed E-state index contributed by atoms with van der Waals surface area (Å²) in [6.07, 6.45) is 0.617. The van der Waals surface area contributed by atoms with E-state index in [1.165, 1.54) is 11.8 Å². The Hall–Kier alpha value is -2.52. The Bertz CT molecular complexity index is 830. The maximum atomic E-state index is 12.8. The Morgan fingerprint density at radius 3 is 2.63 bits per heavy atom. The van der Waals surface area contributed by atoms with E-state index in [4.69, 9.17) is 4.74 Å². The number of nitrogens with one attached hydrogen (secondary N) is 1. The lowest BCUT2D eigenvalue weighted by molar-refractivity contribution is -0.115. The van der Waals surface area contributed by atoms with Crippen LogP contribution < -0.4 is 10.1 Å². The third kappa shape index (κ3) is 5.48. The summed E-state index contributed by atoms with van der Waals surface area (Å²) < 4.78 is 5.57.